The highest BCUT2D eigenvalue weighted by Gasteiger charge is 2.30. The average molecular weight is 743 g/mol. The van der Waals surface area contributed by atoms with Crippen molar-refractivity contribution >= 4 is 51.3 Å². The first-order valence-corrected chi connectivity index (χ1v) is 18.7. The number of aryl methyl sites for hydroxylation is 1. The standard InChI is InChI=1S/C40H44ClFN6O5/c1-46-22-31(28-7-12-43-21-30(28)40(46)52)26-18-33(42)29(37(19-26)53-2)17-24-8-13-47(14-9-24)23-36(49)25-10-15-48(16-11-25)35-5-3-27(20-32(35)41)44-34-4-6-38(50)45-39(34)51/h3,5,7,12,18-22,24-25,34,44H,4,6,8-11,13-17,23H2,1-2H3,(H,45,50,51). The summed E-state index contributed by atoms with van der Waals surface area (Å²) in [6.07, 6.45) is 9.40. The van der Waals surface area contributed by atoms with Gasteiger partial charge in [0.15, 0.2) is 0 Å². The molecule has 278 valence electrons. The first kappa shape index (κ1) is 36.5. The summed E-state index contributed by atoms with van der Waals surface area (Å²) in [6, 6.07) is 10.3. The van der Waals surface area contributed by atoms with E-state index in [1.807, 2.05) is 18.2 Å². The zero-order valence-electron chi connectivity index (χ0n) is 30.0. The van der Waals surface area contributed by atoms with Crippen LogP contribution in [0.3, 0.4) is 0 Å². The van der Waals surface area contributed by atoms with E-state index in [-0.39, 0.29) is 40.8 Å². The number of carbonyl (C=O) groups excluding carboxylic acids is 3. The highest BCUT2D eigenvalue weighted by atomic mass is 35.5. The number of rotatable bonds is 10. The number of imide groups is 1. The van der Waals surface area contributed by atoms with Gasteiger partial charge in [0.1, 0.15) is 23.4 Å². The van der Waals surface area contributed by atoms with Gasteiger partial charge in [-0.2, -0.15) is 0 Å². The Morgan fingerprint density at radius 1 is 1.02 bits per heavy atom. The topological polar surface area (TPSA) is 126 Å². The second-order valence-electron chi connectivity index (χ2n) is 14.5. The Labute approximate surface area is 312 Å². The summed E-state index contributed by atoms with van der Waals surface area (Å²) in [6.45, 7) is 3.43. The number of ketones is 1. The Balaban J connectivity index is 0.903. The third-order valence-electron chi connectivity index (χ3n) is 11.1. The maximum atomic E-state index is 15.8. The number of amides is 2. The molecule has 0 bridgehead atoms. The minimum Gasteiger partial charge on any atom is -0.496 e. The quantitative estimate of drug-likeness (QED) is 0.207. The summed E-state index contributed by atoms with van der Waals surface area (Å²) in [5.41, 5.74) is 3.37. The predicted octanol–water partition coefficient (Wildman–Crippen LogP) is 5.36. The summed E-state index contributed by atoms with van der Waals surface area (Å²) in [4.78, 5) is 58.2. The van der Waals surface area contributed by atoms with Crippen molar-refractivity contribution < 1.29 is 23.5 Å². The van der Waals surface area contributed by atoms with E-state index in [0.717, 1.165) is 63.1 Å². The molecule has 11 nitrogen and oxygen atoms in total. The second-order valence-corrected chi connectivity index (χ2v) is 14.9. The lowest BCUT2D eigenvalue weighted by atomic mass is 9.87. The van der Waals surface area contributed by atoms with Crippen LogP contribution in [0, 0.1) is 17.7 Å². The lowest BCUT2D eigenvalue weighted by Gasteiger charge is -2.36. The van der Waals surface area contributed by atoms with Gasteiger partial charge in [0.2, 0.25) is 11.8 Å². The van der Waals surface area contributed by atoms with E-state index in [0.29, 0.717) is 64.2 Å². The monoisotopic (exact) mass is 742 g/mol. The molecule has 0 saturated carbocycles. The predicted molar refractivity (Wildman–Crippen MR) is 203 cm³/mol. The number of hydrogen-bond donors (Lipinski definition) is 2. The fraction of sp³-hybridized carbons (Fsp3) is 0.425. The molecule has 3 aliphatic heterocycles. The number of pyridine rings is 2. The van der Waals surface area contributed by atoms with Gasteiger partial charge in [-0.15, -0.1) is 0 Å². The van der Waals surface area contributed by atoms with Crippen molar-refractivity contribution in [3.63, 3.8) is 0 Å². The number of nitrogens with zero attached hydrogens (tertiary/aromatic N) is 4. The molecule has 5 heterocycles. The molecule has 0 spiro atoms. The molecule has 7 rings (SSSR count). The van der Waals surface area contributed by atoms with Gasteiger partial charge in [0, 0.05) is 67.9 Å². The van der Waals surface area contributed by atoms with Crippen LogP contribution in [-0.4, -0.2) is 77.9 Å². The number of nitrogens with one attached hydrogen (secondary N) is 2. The van der Waals surface area contributed by atoms with E-state index in [4.69, 9.17) is 16.3 Å². The van der Waals surface area contributed by atoms with Crippen LogP contribution < -0.4 is 25.8 Å². The van der Waals surface area contributed by atoms with Crippen molar-refractivity contribution in [1.29, 1.82) is 0 Å². The number of hydrogen-bond acceptors (Lipinski definition) is 9. The molecule has 13 heteroatoms. The van der Waals surface area contributed by atoms with Gasteiger partial charge in [-0.25, -0.2) is 4.39 Å². The highest BCUT2D eigenvalue weighted by molar-refractivity contribution is 6.33. The van der Waals surface area contributed by atoms with Gasteiger partial charge in [-0.05, 0) is 105 Å². The number of aromatic nitrogens is 2. The molecule has 0 radical (unpaired) electrons. The van der Waals surface area contributed by atoms with Crippen molar-refractivity contribution in [2.75, 3.05) is 50.1 Å². The number of fused-ring (bicyclic) bond motifs is 1. The van der Waals surface area contributed by atoms with Crippen molar-refractivity contribution in [2.24, 2.45) is 18.9 Å². The van der Waals surface area contributed by atoms with Crippen LogP contribution in [-0.2, 0) is 27.9 Å². The second kappa shape index (κ2) is 15.7. The molecule has 3 aliphatic rings. The minimum atomic E-state index is -0.480. The number of carbonyl (C=O) groups is 3. The zero-order valence-corrected chi connectivity index (χ0v) is 30.8. The number of benzene rings is 2. The molecule has 0 aliphatic carbocycles. The van der Waals surface area contributed by atoms with Gasteiger partial charge >= 0.3 is 0 Å². The van der Waals surface area contributed by atoms with Crippen molar-refractivity contribution in [2.45, 2.75) is 51.0 Å². The first-order chi connectivity index (χ1) is 25.6. The van der Waals surface area contributed by atoms with Crippen LogP contribution in [0.1, 0.15) is 44.1 Å². The summed E-state index contributed by atoms with van der Waals surface area (Å²) < 4.78 is 23.0. The van der Waals surface area contributed by atoms with Crippen LogP contribution in [0.5, 0.6) is 5.75 Å². The summed E-state index contributed by atoms with van der Waals surface area (Å²) in [5, 5.41) is 7.28. The Morgan fingerprint density at radius 2 is 1.79 bits per heavy atom. The Bertz CT molecular complexity index is 2110. The third-order valence-corrected chi connectivity index (χ3v) is 11.4. The molecule has 1 unspecified atom stereocenters. The Hall–Kier alpha value is -4.81. The summed E-state index contributed by atoms with van der Waals surface area (Å²) >= 11 is 6.67. The average Bonchev–Trinajstić information content (AvgIpc) is 3.16. The van der Waals surface area contributed by atoms with E-state index in [1.54, 1.807) is 38.7 Å². The molecular weight excluding hydrogens is 699 g/mol. The summed E-state index contributed by atoms with van der Waals surface area (Å²) in [7, 11) is 3.23. The van der Waals surface area contributed by atoms with E-state index in [1.165, 1.54) is 16.8 Å². The maximum absolute atomic E-state index is 15.8. The fourth-order valence-electron chi connectivity index (χ4n) is 8.00. The SMILES string of the molecule is COc1cc(-c2cn(C)c(=O)c3cnccc23)cc(F)c1CC1CCN(CC(=O)C2CCN(c3ccc(NC4CCC(=O)NC4=O)cc3Cl)CC2)CC1. The van der Waals surface area contributed by atoms with Gasteiger partial charge in [-0.3, -0.25) is 34.4 Å². The Kier molecular flexibility index (Phi) is 10.8. The molecular formula is C40H44ClFN6O5. The number of Topliss-reactive ketones (excluding diaryl/α,β-unsaturated/α-hetero) is 1. The lowest BCUT2D eigenvalue weighted by molar-refractivity contribution is -0.133. The van der Waals surface area contributed by atoms with Crippen molar-refractivity contribution in [3.05, 3.63) is 81.7 Å². The number of ether oxygens (including phenoxy) is 1. The maximum Gasteiger partial charge on any atom is 0.259 e. The lowest BCUT2D eigenvalue weighted by Crippen LogP contribution is -2.47. The van der Waals surface area contributed by atoms with Crippen LogP contribution in [0.4, 0.5) is 15.8 Å². The number of methoxy groups -OCH3 is 1. The van der Waals surface area contributed by atoms with Crippen molar-refractivity contribution in [1.82, 2.24) is 19.8 Å². The molecule has 2 N–H and O–H groups in total. The molecule has 2 amide bonds. The molecule has 3 fully saturated rings. The molecule has 1 atom stereocenters. The summed E-state index contributed by atoms with van der Waals surface area (Å²) in [5.74, 6) is 0.0927. The Morgan fingerprint density at radius 3 is 2.51 bits per heavy atom. The van der Waals surface area contributed by atoms with Gasteiger partial charge in [-0.1, -0.05) is 11.6 Å². The largest absolute Gasteiger partial charge is 0.496 e. The normalized spacial score (nSPS) is 19.0. The minimum absolute atomic E-state index is 0.00602. The van der Waals surface area contributed by atoms with E-state index >= 15 is 4.39 Å². The molecule has 53 heavy (non-hydrogen) atoms. The van der Waals surface area contributed by atoms with Crippen LogP contribution in [0.25, 0.3) is 21.9 Å². The number of piperidine rings is 3. The molecule has 4 aromatic rings. The fourth-order valence-corrected chi connectivity index (χ4v) is 8.30. The molecule has 2 aromatic heterocycles. The van der Waals surface area contributed by atoms with Gasteiger partial charge < -0.3 is 19.5 Å². The third kappa shape index (κ3) is 7.94. The zero-order chi connectivity index (χ0) is 37.2. The van der Waals surface area contributed by atoms with E-state index in [2.05, 4.69) is 25.4 Å². The number of likely N-dealkylation sites (tertiary alicyclic amines) is 1. The van der Waals surface area contributed by atoms with Crippen LogP contribution in [0.15, 0.2) is 59.8 Å². The number of anilines is 2. The van der Waals surface area contributed by atoms with Gasteiger partial charge in [0.05, 0.1) is 29.8 Å². The van der Waals surface area contributed by atoms with Gasteiger partial charge in [0.25, 0.3) is 5.56 Å². The first-order valence-electron chi connectivity index (χ1n) is 18.3. The molecule has 2 aromatic carbocycles. The van der Waals surface area contributed by atoms with E-state index in [9.17, 15) is 19.2 Å². The molecule has 3 saturated heterocycles. The number of halogens is 2. The highest BCUT2D eigenvalue weighted by Crippen LogP contribution is 2.36. The van der Waals surface area contributed by atoms with Crippen LogP contribution >= 0.6 is 11.6 Å². The van der Waals surface area contributed by atoms with E-state index < -0.39 is 6.04 Å². The van der Waals surface area contributed by atoms with Crippen molar-refractivity contribution in [3.8, 4) is 16.9 Å². The smallest absolute Gasteiger partial charge is 0.259 e. The van der Waals surface area contributed by atoms with Crippen LogP contribution in [0.2, 0.25) is 5.02 Å².